The number of carbonyl (C=O) groups excluding carboxylic acids is 1. The van der Waals surface area contributed by atoms with E-state index in [2.05, 4.69) is 4.98 Å². The molecule has 2 heterocycles. The van der Waals surface area contributed by atoms with E-state index in [1.165, 1.54) is 11.1 Å². The second-order valence-electron chi connectivity index (χ2n) is 3.19. The molecule has 1 aliphatic rings. The van der Waals surface area contributed by atoms with Crippen LogP contribution in [0.2, 0.25) is 5.02 Å². The Bertz CT molecular complexity index is 368. The Morgan fingerprint density at radius 1 is 1.67 bits per heavy atom. The van der Waals surface area contributed by atoms with Crippen molar-refractivity contribution in [3.63, 3.8) is 0 Å². The van der Waals surface area contributed by atoms with Gasteiger partial charge in [0.25, 0.3) is 0 Å². The first-order valence-corrected chi connectivity index (χ1v) is 4.88. The van der Waals surface area contributed by atoms with Gasteiger partial charge < -0.3 is 10.5 Å². The Kier molecular flexibility index (Phi) is 2.75. The van der Waals surface area contributed by atoms with Crippen molar-refractivity contribution in [2.75, 3.05) is 18.0 Å². The van der Waals surface area contributed by atoms with Gasteiger partial charge in [0, 0.05) is 12.7 Å². The second-order valence-corrected chi connectivity index (χ2v) is 3.62. The highest BCUT2D eigenvalue weighted by molar-refractivity contribution is 6.30. The van der Waals surface area contributed by atoms with Gasteiger partial charge in [0.15, 0.2) is 0 Å². The first-order chi connectivity index (χ1) is 7.20. The van der Waals surface area contributed by atoms with Crippen molar-refractivity contribution < 1.29 is 9.53 Å². The normalized spacial score (nSPS) is 20.5. The van der Waals surface area contributed by atoms with Crippen molar-refractivity contribution in [1.82, 2.24) is 4.98 Å². The summed E-state index contributed by atoms with van der Waals surface area (Å²) in [4.78, 5) is 16.9. The van der Waals surface area contributed by atoms with Crippen molar-refractivity contribution in [2.24, 2.45) is 5.73 Å². The molecule has 1 fully saturated rings. The molecule has 1 unspecified atom stereocenters. The summed E-state index contributed by atoms with van der Waals surface area (Å²) < 4.78 is 5.00. The number of hydrogen-bond donors (Lipinski definition) is 1. The summed E-state index contributed by atoms with van der Waals surface area (Å²) in [6.07, 6.45) is 0.815. The van der Waals surface area contributed by atoms with Crippen molar-refractivity contribution in [3.8, 4) is 0 Å². The molecule has 2 rings (SSSR count). The Morgan fingerprint density at radius 3 is 3.00 bits per heavy atom. The number of cyclic esters (lactones) is 1. The van der Waals surface area contributed by atoms with Gasteiger partial charge >= 0.3 is 6.09 Å². The number of pyridine rings is 1. The SMILES string of the molecule is NCC1CN(c2ccc(Cl)cn2)C(=O)O1. The molecule has 1 amide bonds. The Morgan fingerprint density at radius 2 is 2.47 bits per heavy atom. The van der Waals surface area contributed by atoms with Crippen molar-refractivity contribution in [3.05, 3.63) is 23.4 Å². The molecule has 1 saturated heterocycles. The smallest absolute Gasteiger partial charge is 0.415 e. The van der Waals surface area contributed by atoms with E-state index in [1.807, 2.05) is 0 Å². The van der Waals surface area contributed by atoms with E-state index >= 15 is 0 Å². The standard InChI is InChI=1S/C9H10ClN3O2/c10-6-1-2-8(12-4-6)13-5-7(3-11)15-9(13)14/h1-2,4,7H,3,5,11H2. The molecular formula is C9H10ClN3O2. The topological polar surface area (TPSA) is 68.5 Å². The summed E-state index contributed by atoms with van der Waals surface area (Å²) in [6, 6.07) is 3.34. The van der Waals surface area contributed by atoms with Crippen LogP contribution in [0.4, 0.5) is 10.6 Å². The number of nitrogens with zero attached hydrogens (tertiary/aromatic N) is 2. The van der Waals surface area contributed by atoms with Crippen LogP contribution in [0.25, 0.3) is 0 Å². The van der Waals surface area contributed by atoms with Gasteiger partial charge in [0.2, 0.25) is 0 Å². The van der Waals surface area contributed by atoms with Crippen LogP contribution >= 0.6 is 11.6 Å². The third kappa shape index (κ3) is 2.03. The molecule has 15 heavy (non-hydrogen) atoms. The number of aromatic nitrogens is 1. The predicted octanol–water partition coefficient (Wildman–Crippen LogP) is 1.02. The number of carbonyl (C=O) groups is 1. The molecule has 2 N–H and O–H groups in total. The zero-order valence-corrected chi connectivity index (χ0v) is 8.65. The van der Waals surface area contributed by atoms with Crippen LogP contribution in [0.15, 0.2) is 18.3 Å². The van der Waals surface area contributed by atoms with Crippen LogP contribution in [-0.2, 0) is 4.74 Å². The summed E-state index contributed by atoms with van der Waals surface area (Å²) in [5, 5.41) is 0.529. The minimum Gasteiger partial charge on any atom is -0.443 e. The van der Waals surface area contributed by atoms with E-state index in [0.717, 1.165) is 0 Å². The lowest BCUT2D eigenvalue weighted by Crippen LogP contribution is -2.27. The van der Waals surface area contributed by atoms with Crippen molar-refractivity contribution in [2.45, 2.75) is 6.10 Å². The van der Waals surface area contributed by atoms with E-state index in [9.17, 15) is 4.79 Å². The van der Waals surface area contributed by atoms with Gasteiger partial charge in [-0.1, -0.05) is 11.6 Å². The Hall–Kier alpha value is -1.33. The molecule has 0 radical (unpaired) electrons. The number of ether oxygens (including phenoxy) is 1. The molecule has 0 aromatic carbocycles. The highest BCUT2D eigenvalue weighted by atomic mass is 35.5. The van der Waals surface area contributed by atoms with Crippen LogP contribution in [0, 0.1) is 0 Å². The maximum Gasteiger partial charge on any atom is 0.415 e. The fourth-order valence-corrected chi connectivity index (χ4v) is 1.47. The maximum absolute atomic E-state index is 11.4. The lowest BCUT2D eigenvalue weighted by atomic mass is 10.3. The molecule has 1 aromatic heterocycles. The summed E-state index contributed by atoms with van der Waals surface area (Å²) >= 11 is 5.69. The molecular weight excluding hydrogens is 218 g/mol. The third-order valence-electron chi connectivity index (χ3n) is 2.13. The fourth-order valence-electron chi connectivity index (χ4n) is 1.36. The van der Waals surface area contributed by atoms with Crippen LogP contribution in [0.3, 0.4) is 0 Å². The van der Waals surface area contributed by atoms with Crippen LogP contribution in [0.5, 0.6) is 0 Å². The quantitative estimate of drug-likeness (QED) is 0.819. The number of rotatable bonds is 2. The average Bonchev–Trinajstić information content (AvgIpc) is 2.61. The minimum atomic E-state index is -0.416. The summed E-state index contributed by atoms with van der Waals surface area (Å²) in [5.74, 6) is 0.528. The lowest BCUT2D eigenvalue weighted by Gasteiger charge is -2.10. The third-order valence-corrected chi connectivity index (χ3v) is 2.35. The molecule has 80 valence electrons. The van der Waals surface area contributed by atoms with Crippen LogP contribution in [0.1, 0.15) is 0 Å². The lowest BCUT2D eigenvalue weighted by molar-refractivity contribution is 0.145. The van der Waals surface area contributed by atoms with Crippen molar-refractivity contribution in [1.29, 1.82) is 0 Å². The number of halogens is 1. The highest BCUT2D eigenvalue weighted by Crippen LogP contribution is 2.20. The molecule has 5 nitrogen and oxygen atoms in total. The van der Waals surface area contributed by atoms with Gasteiger partial charge in [0.1, 0.15) is 11.9 Å². The Labute approximate surface area is 91.8 Å². The van der Waals surface area contributed by atoms with Gasteiger partial charge in [-0.05, 0) is 12.1 Å². The zero-order chi connectivity index (χ0) is 10.8. The van der Waals surface area contributed by atoms with E-state index in [-0.39, 0.29) is 6.10 Å². The monoisotopic (exact) mass is 227 g/mol. The molecule has 0 spiro atoms. The maximum atomic E-state index is 11.4. The van der Waals surface area contributed by atoms with E-state index in [0.29, 0.717) is 23.9 Å². The largest absolute Gasteiger partial charge is 0.443 e. The average molecular weight is 228 g/mol. The summed E-state index contributed by atoms with van der Waals surface area (Å²) in [5.41, 5.74) is 5.42. The molecule has 0 aliphatic carbocycles. The molecule has 1 aliphatic heterocycles. The van der Waals surface area contributed by atoms with Gasteiger partial charge in [-0.15, -0.1) is 0 Å². The van der Waals surface area contributed by atoms with Crippen LogP contribution in [-0.4, -0.2) is 30.3 Å². The van der Waals surface area contributed by atoms with Crippen molar-refractivity contribution >= 4 is 23.5 Å². The molecule has 6 heteroatoms. The van der Waals surface area contributed by atoms with Gasteiger partial charge in [0.05, 0.1) is 11.6 Å². The number of amides is 1. The number of anilines is 1. The molecule has 0 saturated carbocycles. The van der Waals surface area contributed by atoms with E-state index < -0.39 is 6.09 Å². The zero-order valence-electron chi connectivity index (χ0n) is 7.89. The molecule has 1 atom stereocenters. The minimum absolute atomic E-state index is 0.255. The van der Waals surface area contributed by atoms with Gasteiger partial charge in [-0.3, -0.25) is 4.90 Å². The Balaban J connectivity index is 2.18. The first kappa shape index (κ1) is 10.2. The molecule has 0 bridgehead atoms. The van der Waals surface area contributed by atoms with E-state index in [4.69, 9.17) is 22.1 Å². The number of nitrogens with two attached hydrogens (primary N) is 1. The second kappa shape index (κ2) is 4.04. The van der Waals surface area contributed by atoms with Gasteiger partial charge in [-0.25, -0.2) is 9.78 Å². The van der Waals surface area contributed by atoms with Crippen LogP contribution < -0.4 is 10.6 Å². The fraction of sp³-hybridized carbons (Fsp3) is 0.333. The van der Waals surface area contributed by atoms with E-state index in [1.54, 1.807) is 12.1 Å². The van der Waals surface area contributed by atoms with Gasteiger partial charge in [-0.2, -0.15) is 0 Å². The highest BCUT2D eigenvalue weighted by Gasteiger charge is 2.31. The molecule has 1 aromatic rings. The first-order valence-electron chi connectivity index (χ1n) is 4.50. The number of hydrogen-bond acceptors (Lipinski definition) is 4. The summed E-state index contributed by atoms with van der Waals surface area (Å²) in [7, 11) is 0. The predicted molar refractivity (Wildman–Crippen MR) is 55.9 cm³/mol. The summed E-state index contributed by atoms with van der Waals surface area (Å²) in [6.45, 7) is 0.750.